The Morgan fingerprint density at radius 3 is 2.38 bits per heavy atom. The molecule has 0 bridgehead atoms. The van der Waals surface area contributed by atoms with E-state index in [9.17, 15) is 14.4 Å². The molecule has 7 nitrogen and oxygen atoms in total. The minimum atomic E-state index is -1.11. The summed E-state index contributed by atoms with van der Waals surface area (Å²) in [5, 5.41) is 11.5. The van der Waals surface area contributed by atoms with Crippen molar-refractivity contribution in [2.45, 2.75) is 19.8 Å². The molecule has 0 aliphatic heterocycles. The summed E-state index contributed by atoms with van der Waals surface area (Å²) < 4.78 is 0. The van der Waals surface area contributed by atoms with Gasteiger partial charge >= 0.3 is 12.0 Å². The van der Waals surface area contributed by atoms with Crippen LogP contribution < -0.4 is 16.0 Å². The number of carboxylic acids is 1. The van der Waals surface area contributed by atoms with E-state index in [4.69, 9.17) is 10.8 Å². The third-order valence-corrected chi connectivity index (χ3v) is 2.76. The molecular weight excluding hydrogens is 274 g/mol. The monoisotopic (exact) mass is 293 g/mol. The first-order valence-electron chi connectivity index (χ1n) is 6.52. The predicted octanol–water partition coefficient (Wildman–Crippen LogP) is 0.861. The Morgan fingerprint density at radius 1 is 1.24 bits per heavy atom. The molecule has 0 aliphatic rings. The second-order valence-corrected chi connectivity index (χ2v) is 4.62. The Morgan fingerprint density at radius 2 is 1.86 bits per heavy atom. The number of primary amides is 1. The molecular formula is C14H19N3O4. The summed E-state index contributed by atoms with van der Waals surface area (Å²) in [6, 6.07) is 6.43. The lowest BCUT2D eigenvalue weighted by molar-refractivity contribution is -0.135. The fourth-order valence-electron chi connectivity index (χ4n) is 1.69. The maximum atomic E-state index is 12.0. The first kappa shape index (κ1) is 16.5. The van der Waals surface area contributed by atoms with Crippen LogP contribution in [0.4, 0.5) is 10.5 Å². The van der Waals surface area contributed by atoms with Gasteiger partial charge in [-0.1, -0.05) is 17.7 Å². The summed E-state index contributed by atoms with van der Waals surface area (Å²) >= 11 is 0. The topological polar surface area (TPSA) is 113 Å². The summed E-state index contributed by atoms with van der Waals surface area (Å²) in [7, 11) is 0. The predicted molar refractivity (Wildman–Crippen MR) is 78.0 cm³/mol. The first-order chi connectivity index (χ1) is 9.90. The molecule has 4 N–H and O–H groups in total. The highest BCUT2D eigenvalue weighted by atomic mass is 16.4. The number of anilines is 1. The number of urea groups is 1. The summed E-state index contributed by atoms with van der Waals surface area (Å²) in [5.74, 6) is -1.55. The van der Waals surface area contributed by atoms with Crippen molar-refractivity contribution >= 4 is 23.6 Å². The molecule has 0 saturated heterocycles. The van der Waals surface area contributed by atoms with E-state index in [-0.39, 0.29) is 13.0 Å². The van der Waals surface area contributed by atoms with Gasteiger partial charge in [0.2, 0.25) is 5.91 Å². The summed E-state index contributed by atoms with van der Waals surface area (Å²) in [5.41, 5.74) is 6.51. The second kappa shape index (κ2) is 7.88. The lowest BCUT2D eigenvalue weighted by atomic mass is 10.2. The highest BCUT2D eigenvalue weighted by molar-refractivity contribution is 5.96. The highest BCUT2D eigenvalue weighted by Gasteiger charge is 2.18. The van der Waals surface area contributed by atoms with E-state index in [0.717, 1.165) is 10.5 Å². The van der Waals surface area contributed by atoms with Crippen molar-refractivity contribution in [1.82, 2.24) is 5.32 Å². The lowest BCUT2D eigenvalue weighted by Gasteiger charge is -2.21. The van der Waals surface area contributed by atoms with Crippen molar-refractivity contribution in [2.24, 2.45) is 5.73 Å². The highest BCUT2D eigenvalue weighted by Crippen LogP contribution is 2.15. The Balaban J connectivity index is 2.68. The summed E-state index contributed by atoms with van der Waals surface area (Å²) in [6.07, 6.45) is 0.583. The maximum absolute atomic E-state index is 12.0. The van der Waals surface area contributed by atoms with Gasteiger partial charge in [0.25, 0.3) is 0 Å². The number of hydrogen-bond donors (Lipinski definition) is 3. The number of nitrogens with two attached hydrogens (primary N) is 1. The number of hydrogen-bond acceptors (Lipinski definition) is 3. The molecule has 7 heteroatoms. The molecule has 0 heterocycles. The number of amides is 3. The van der Waals surface area contributed by atoms with E-state index in [1.807, 2.05) is 6.92 Å². The van der Waals surface area contributed by atoms with Crippen molar-refractivity contribution in [3.63, 3.8) is 0 Å². The molecule has 0 spiro atoms. The molecule has 1 aromatic rings. The molecule has 0 fully saturated rings. The smallest absolute Gasteiger partial charge is 0.323 e. The van der Waals surface area contributed by atoms with Gasteiger partial charge in [-0.15, -0.1) is 0 Å². The number of carbonyl (C=O) groups is 3. The normalized spacial score (nSPS) is 9.95. The lowest BCUT2D eigenvalue weighted by Crippen LogP contribution is -2.43. The number of aliphatic carboxylic acids is 1. The van der Waals surface area contributed by atoms with Gasteiger partial charge in [0.1, 0.15) is 6.54 Å². The van der Waals surface area contributed by atoms with E-state index in [1.54, 1.807) is 24.3 Å². The third-order valence-electron chi connectivity index (χ3n) is 2.76. The summed E-state index contributed by atoms with van der Waals surface area (Å²) in [4.78, 5) is 34.7. The van der Waals surface area contributed by atoms with Crippen LogP contribution in [0, 0.1) is 6.92 Å². The van der Waals surface area contributed by atoms with Crippen LogP contribution in [0.3, 0.4) is 0 Å². The molecule has 0 unspecified atom stereocenters. The van der Waals surface area contributed by atoms with Gasteiger partial charge in [-0.05, 0) is 25.5 Å². The Bertz CT molecular complexity index is 513. The molecule has 0 aliphatic carbocycles. The van der Waals surface area contributed by atoms with Crippen molar-refractivity contribution in [1.29, 1.82) is 0 Å². The van der Waals surface area contributed by atoms with Gasteiger partial charge in [-0.2, -0.15) is 0 Å². The number of rotatable bonds is 7. The second-order valence-electron chi connectivity index (χ2n) is 4.62. The van der Waals surface area contributed by atoms with Crippen LogP contribution in [0.1, 0.15) is 18.4 Å². The van der Waals surface area contributed by atoms with Crippen LogP contribution in [0.5, 0.6) is 0 Å². The van der Waals surface area contributed by atoms with Crippen LogP contribution in [0.15, 0.2) is 24.3 Å². The Labute approximate surface area is 122 Å². The van der Waals surface area contributed by atoms with Gasteiger partial charge in [0.15, 0.2) is 0 Å². The van der Waals surface area contributed by atoms with Crippen LogP contribution in [0.25, 0.3) is 0 Å². The van der Waals surface area contributed by atoms with Crippen LogP contribution in [-0.2, 0) is 9.59 Å². The average Bonchev–Trinajstić information content (AvgIpc) is 2.41. The van der Waals surface area contributed by atoms with Crippen molar-refractivity contribution in [3.05, 3.63) is 29.8 Å². The quantitative estimate of drug-likeness (QED) is 0.647. The third kappa shape index (κ3) is 5.94. The number of carbonyl (C=O) groups excluding carboxylic acids is 2. The van der Waals surface area contributed by atoms with E-state index in [1.165, 1.54) is 0 Å². The minimum Gasteiger partial charge on any atom is -0.480 e. The molecule has 1 rings (SSSR count). The molecule has 114 valence electrons. The molecule has 0 saturated carbocycles. The standard InChI is InChI=1S/C14H19N3O4/c1-10-4-6-11(7-5-10)17(9-13(19)20)14(21)16-8-2-3-12(15)18/h4-7H,2-3,8-9H2,1H3,(H2,15,18)(H,16,21)(H,19,20). The average molecular weight is 293 g/mol. The minimum absolute atomic E-state index is 0.170. The van der Waals surface area contributed by atoms with Gasteiger partial charge in [-0.3, -0.25) is 14.5 Å². The van der Waals surface area contributed by atoms with Gasteiger partial charge in [-0.25, -0.2) is 4.79 Å². The van der Waals surface area contributed by atoms with Crippen LogP contribution in [0.2, 0.25) is 0 Å². The van der Waals surface area contributed by atoms with Crippen molar-refractivity contribution in [2.75, 3.05) is 18.0 Å². The molecule has 21 heavy (non-hydrogen) atoms. The van der Waals surface area contributed by atoms with Crippen LogP contribution in [-0.4, -0.2) is 36.1 Å². The number of benzene rings is 1. The van der Waals surface area contributed by atoms with Crippen molar-refractivity contribution in [3.8, 4) is 0 Å². The fourth-order valence-corrected chi connectivity index (χ4v) is 1.69. The van der Waals surface area contributed by atoms with Gasteiger partial charge < -0.3 is 16.2 Å². The Kier molecular flexibility index (Phi) is 6.19. The van der Waals surface area contributed by atoms with Crippen molar-refractivity contribution < 1.29 is 19.5 Å². The molecule has 0 aromatic heterocycles. The number of carboxylic acid groups (broad SMARTS) is 1. The SMILES string of the molecule is Cc1ccc(N(CC(=O)O)C(=O)NCCCC(N)=O)cc1. The largest absolute Gasteiger partial charge is 0.480 e. The molecule has 3 amide bonds. The summed E-state index contributed by atoms with van der Waals surface area (Å²) in [6.45, 7) is 1.71. The molecule has 0 radical (unpaired) electrons. The number of aryl methyl sites for hydroxylation is 1. The zero-order chi connectivity index (χ0) is 15.8. The molecule has 0 atom stereocenters. The number of nitrogens with one attached hydrogen (secondary N) is 1. The zero-order valence-electron chi connectivity index (χ0n) is 11.8. The van der Waals surface area contributed by atoms with E-state index >= 15 is 0 Å². The molecule has 1 aromatic carbocycles. The van der Waals surface area contributed by atoms with E-state index in [0.29, 0.717) is 12.1 Å². The van der Waals surface area contributed by atoms with Crippen LogP contribution >= 0.6 is 0 Å². The Hall–Kier alpha value is -2.57. The maximum Gasteiger partial charge on any atom is 0.323 e. The fraction of sp³-hybridized carbons (Fsp3) is 0.357. The van der Waals surface area contributed by atoms with E-state index in [2.05, 4.69) is 5.32 Å². The van der Waals surface area contributed by atoms with Gasteiger partial charge in [0.05, 0.1) is 0 Å². The van der Waals surface area contributed by atoms with E-state index < -0.39 is 24.5 Å². The van der Waals surface area contributed by atoms with Gasteiger partial charge in [0, 0.05) is 18.7 Å². The zero-order valence-corrected chi connectivity index (χ0v) is 11.8. The first-order valence-corrected chi connectivity index (χ1v) is 6.52. The number of nitrogens with zero attached hydrogens (tertiary/aromatic N) is 1.